The highest BCUT2D eigenvalue weighted by molar-refractivity contribution is 6.06. The average Bonchev–Trinajstić information content (AvgIpc) is 2.73. The van der Waals surface area contributed by atoms with Crippen molar-refractivity contribution in [3.8, 4) is 17.2 Å². The van der Waals surface area contributed by atoms with E-state index in [1.807, 2.05) is 13.8 Å². The molecule has 2 aromatic rings. The molecular weight excluding hydrogens is 360 g/mol. The van der Waals surface area contributed by atoms with E-state index in [2.05, 4.69) is 5.32 Å². The van der Waals surface area contributed by atoms with Gasteiger partial charge >= 0.3 is 0 Å². The first-order valence-corrected chi connectivity index (χ1v) is 8.99. The van der Waals surface area contributed by atoms with Crippen LogP contribution in [0.1, 0.15) is 34.6 Å². The van der Waals surface area contributed by atoms with Crippen LogP contribution in [0.3, 0.4) is 0 Å². The number of amides is 2. The van der Waals surface area contributed by atoms with Gasteiger partial charge in [-0.25, -0.2) is 0 Å². The van der Waals surface area contributed by atoms with Crippen LogP contribution in [0.15, 0.2) is 36.4 Å². The summed E-state index contributed by atoms with van der Waals surface area (Å²) in [6.45, 7) is 5.10. The molecule has 150 valence electrons. The zero-order valence-corrected chi connectivity index (χ0v) is 16.9. The third kappa shape index (κ3) is 4.54. The maximum Gasteiger partial charge on any atom is 0.255 e. The molecule has 0 aromatic heterocycles. The van der Waals surface area contributed by atoms with Crippen molar-refractivity contribution in [1.82, 2.24) is 4.90 Å². The number of benzene rings is 2. The van der Waals surface area contributed by atoms with Crippen molar-refractivity contribution >= 4 is 17.5 Å². The molecule has 0 aliphatic heterocycles. The smallest absolute Gasteiger partial charge is 0.255 e. The normalized spacial score (nSPS) is 10.2. The van der Waals surface area contributed by atoms with Gasteiger partial charge < -0.3 is 24.4 Å². The van der Waals surface area contributed by atoms with E-state index in [1.165, 1.54) is 21.3 Å². The summed E-state index contributed by atoms with van der Waals surface area (Å²) in [6, 6.07) is 10.0. The zero-order valence-electron chi connectivity index (χ0n) is 16.9. The highest BCUT2D eigenvalue weighted by Crippen LogP contribution is 2.38. The summed E-state index contributed by atoms with van der Waals surface area (Å²) < 4.78 is 15.8. The van der Waals surface area contributed by atoms with Gasteiger partial charge in [-0.3, -0.25) is 9.59 Å². The number of anilines is 1. The lowest BCUT2D eigenvalue weighted by molar-refractivity contribution is 0.0772. The number of hydrogen-bond acceptors (Lipinski definition) is 5. The van der Waals surface area contributed by atoms with Crippen molar-refractivity contribution < 1.29 is 23.8 Å². The van der Waals surface area contributed by atoms with Crippen LogP contribution < -0.4 is 19.5 Å². The summed E-state index contributed by atoms with van der Waals surface area (Å²) in [7, 11) is 4.47. The number of ether oxygens (including phenoxy) is 3. The Labute approximate surface area is 165 Å². The first-order valence-electron chi connectivity index (χ1n) is 8.99. The van der Waals surface area contributed by atoms with Crippen molar-refractivity contribution in [2.24, 2.45) is 0 Å². The molecule has 28 heavy (non-hydrogen) atoms. The maximum atomic E-state index is 12.7. The first-order chi connectivity index (χ1) is 13.5. The summed E-state index contributed by atoms with van der Waals surface area (Å²) >= 11 is 0. The predicted octanol–water partition coefficient (Wildman–Crippen LogP) is 3.45. The van der Waals surface area contributed by atoms with Crippen LogP contribution in [0, 0.1) is 0 Å². The minimum absolute atomic E-state index is 0.0751. The van der Waals surface area contributed by atoms with E-state index in [9.17, 15) is 9.59 Å². The molecule has 7 heteroatoms. The molecule has 0 aliphatic rings. The topological polar surface area (TPSA) is 77.1 Å². The van der Waals surface area contributed by atoms with Crippen LogP contribution >= 0.6 is 0 Å². The fourth-order valence-electron chi connectivity index (χ4n) is 2.84. The minimum atomic E-state index is -0.355. The van der Waals surface area contributed by atoms with Gasteiger partial charge in [0.15, 0.2) is 11.5 Å². The van der Waals surface area contributed by atoms with E-state index in [0.717, 1.165) is 0 Å². The number of carbonyl (C=O) groups excluding carboxylic acids is 2. The molecule has 2 aromatic carbocycles. The van der Waals surface area contributed by atoms with E-state index in [1.54, 1.807) is 41.3 Å². The SMILES string of the molecule is CCN(CC)C(=O)c1cccc(NC(=O)c2cc(OC)c(OC)c(OC)c2)c1. The number of methoxy groups -OCH3 is 3. The maximum absolute atomic E-state index is 12.7. The first kappa shape index (κ1) is 21.1. The van der Waals surface area contributed by atoms with Gasteiger partial charge in [-0.2, -0.15) is 0 Å². The molecule has 0 unspecified atom stereocenters. The van der Waals surface area contributed by atoms with Crippen LogP contribution in [0.25, 0.3) is 0 Å². The van der Waals surface area contributed by atoms with Gasteiger partial charge in [-0.1, -0.05) is 6.07 Å². The second kappa shape index (κ2) is 9.64. The second-order valence-corrected chi connectivity index (χ2v) is 5.93. The Kier molecular flexibility index (Phi) is 7.26. The van der Waals surface area contributed by atoms with Gasteiger partial charge in [0.1, 0.15) is 0 Å². The quantitative estimate of drug-likeness (QED) is 0.752. The number of nitrogens with zero attached hydrogens (tertiary/aromatic N) is 1. The van der Waals surface area contributed by atoms with Gasteiger partial charge in [-0.15, -0.1) is 0 Å². The lowest BCUT2D eigenvalue weighted by Gasteiger charge is -2.19. The Bertz CT molecular complexity index is 821. The minimum Gasteiger partial charge on any atom is -0.493 e. The van der Waals surface area contributed by atoms with E-state index < -0.39 is 0 Å². The van der Waals surface area contributed by atoms with Crippen molar-refractivity contribution in [3.63, 3.8) is 0 Å². The van der Waals surface area contributed by atoms with Crippen molar-refractivity contribution in [1.29, 1.82) is 0 Å². The fraction of sp³-hybridized carbons (Fsp3) is 0.333. The predicted molar refractivity (Wildman–Crippen MR) is 108 cm³/mol. The molecule has 0 saturated carbocycles. The average molecular weight is 386 g/mol. The highest BCUT2D eigenvalue weighted by Gasteiger charge is 2.18. The molecule has 0 atom stereocenters. The molecule has 0 bridgehead atoms. The summed E-state index contributed by atoms with van der Waals surface area (Å²) in [5, 5.41) is 2.81. The van der Waals surface area contributed by atoms with Crippen LogP contribution in [-0.2, 0) is 0 Å². The molecule has 0 saturated heterocycles. The Hall–Kier alpha value is -3.22. The summed E-state index contributed by atoms with van der Waals surface area (Å²) in [4.78, 5) is 27.0. The van der Waals surface area contributed by atoms with Crippen LogP contribution in [0.5, 0.6) is 17.2 Å². The number of hydrogen-bond donors (Lipinski definition) is 1. The van der Waals surface area contributed by atoms with Gasteiger partial charge in [0.25, 0.3) is 11.8 Å². The fourth-order valence-corrected chi connectivity index (χ4v) is 2.84. The molecule has 2 rings (SSSR count). The molecule has 0 spiro atoms. The van der Waals surface area contributed by atoms with E-state index in [0.29, 0.717) is 47.2 Å². The molecule has 2 amide bonds. The third-order valence-electron chi connectivity index (χ3n) is 4.34. The van der Waals surface area contributed by atoms with Crippen molar-refractivity contribution in [2.75, 3.05) is 39.7 Å². The number of carbonyl (C=O) groups is 2. The lowest BCUT2D eigenvalue weighted by Crippen LogP contribution is -2.30. The van der Waals surface area contributed by atoms with E-state index in [-0.39, 0.29) is 11.8 Å². The lowest BCUT2D eigenvalue weighted by atomic mass is 10.1. The molecule has 0 heterocycles. The van der Waals surface area contributed by atoms with Crippen molar-refractivity contribution in [3.05, 3.63) is 47.5 Å². The summed E-state index contributed by atoms with van der Waals surface area (Å²) in [5.74, 6) is 0.754. The molecule has 1 N–H and O–H groups in total. The van der Waals surface area contributed by atoms with E-state index >= 15 is 0 Å². The van der Waals surface area contributed by atoms with Crippen LogP contribution in [0.4, 0.5) is 5.69 Å². The molecule has 0 radical (unpaired) electrons. The number of nitrogens with one attached hydrogen (secondary N) is 1. The van der Waals surface area contributed by atoms with Gasteiger partial charge in [-0.05, 0) is 44.2 Å². The van der Waals surface area contributed by atoms with Gasteiger partial charge in [0.05, 0.1) is 21.3 Å². The zero-order chi connectivity index (χ0) is 20.7. The molecular formula is C21H26N2O5. The highest BCUT2D eigenvalue weighted by atomic mass is 16.5. The Morgan fingerprint density at radius 3 is 2.00 bits per heavy atom. The monoisotopic (exact) mass is 386 g/mol. The van der Waals surface area contributed by atoms with Crippen molar-refractivity contribution in [2.45, 2.75) is 13.8 Å². The third-order valence-corrected chi connectivity index (χ3v) is 4.34. The second-order valence-electron chi connectivity index (χ2n) is 5.93. The van der Waals surface area contributed by atoms with E-state index in [4.69, 9.17) is 14.2 Å². The standard InChI is InChI=1S/C21H26N2O5/c1-6-23(7-2)21(25)14-9-8-10-16(11-14)22-20(24)15-12-17(26-3)19(28-5)18(13-15)27-4/h8-13H,6-7H2,1-5H3,(H,22,24). The summed E-state index contributed by atoms with van der Waals surface area (Å²) in [5.41, 5.74) is 1.39. The Balaban J connectivity index is 2.28. The number of rotatable bonds is 8. The Morgan fingerprint density at radius 1 is 0.893 bits per heavy atom. The Morgan fingerprint density at radius 2 is 1.50 bits per heavy atom. The largest absolute Gasteiger partial charge is 0.493 e. The molecule has 0 fully saturated rings. The van der Waals surface area contributed by atoms with Crippen LogP contribution in [-0.4, -0.2) is 51.1 Å². The molecule has 7 nitrogen and oxygen atoms in total. The molecule has 0 aliphatic carbocycles. The van der Waals surface area contributed by atoms with Gasteiger partial charge in [0.2, 0.25) is 5.75 Å². The van der Waals surface area contributed by atoms with Crippen LogP contribution in [0.2, 0.25) is 0 Å². The summed E-state index contributed by atoms with van der Waals surface area (Å²) in [6.07, 6.45) is 0. The van der Waals surface area contributed by atoms with Gasteiger partial charge in [0, 0.05) is 29.9 Å².